The molecule has 1 aliphatic heterocycles. The fraction of sp³-hybridized carbons (Fsp3) is 0.105. The van der Waals surface area contributed by atoms with Gasteiger partial charge in [-0.05, 0) is 63.6 Å². The summed E-state index contributed by atoms with van der Waals surface area (Å²) in [6.07, 6.45) is 0.444. The van der Waals surface area contributed by atoms with Crippen LogP contribution in [0.1, 0.15) is 15.9 Å². The number of nitrogens with zero attached hydrogens (tertiary/aromatic N) is 2. The number of fused-ring (bicyclic) bond motifs is 3. The van der Waals surface area contributed by atoms with Gasteiger partial charge in [0.05, 0.1) is 21.1 Å². The first-order chi connectivity index (χ1) is 14.2. The predicted octanol–water partition coefficient (Wildman–Crippen LogP) is 4.54. The molecular formula is C19H13BrN2O6S2. The average Bonchev–Trinajstić information content (AvgIpc) is 3.10. The van der Waals surface area contributed by atoms with Crippen LogP contribution in [0.15, 0.2) is 57.2 Å². The lowest BCUT2D eigenvalue weighted by Gasteiger charge is -2.25. The first kappa shape index (κ1) is 20.5. The van der Waals surface area contributed by atoms with Crippen molar-refractivity contribution >= 4 is 54.6 Å². The van der Waals surface area contributed by atoms with Crippen LogP contribution in [0, 0.1) is 10.1 Å². The number of hydrogen-bond acceptors (Lipinski definition) is 6. The molecule has 0 saturated carbocycles. The highest BCUT2D eigenvalue weighted by atomic mass is 79.9. The molecule has 0 radical (unpaired) electrons. The third-order valence-corrected chi connectivity index (χ3v) is 8.27. The number of hydrogen-bond donors (Lipinski definition) is 1. The maximum absolute atomic E-state index is 13.4. The zero-order valence-electron chi connectivity index (χ0n) is 15.1. The minimum atomic E-state index is -4.04. The number of non-ortho nitro benzene ring substituents is 1. The van der Waals surface area contributed by atoms with Gasteiger partial charge in [-0.1, -0.05) is 0 Å². The van der Waals surface area contributed by atoms with Gasteiger partial charge in [-0.2, -0.15) is 0 Å². The molecule has 30 heavy (non-hydrogen) atoms. The number of anilines is 1. The Morgan fingerprint density at radius 3 is 2.53 bits per heavy atom. The predicted molar refractivity (Wildman–Crippen MR) is 116 cm³/mol. The van der Waals surface area contributed by atoms with E-state index in [0.29, 0.717) is 17.7 Å². The Hall–Kier alpha value is -2.76. The number of rotatable bonds is 4. The zero-order chi connectivity index (χ0) is 21.6. The number of carboxylic acids is 1. The van der Waals surface area contributed by atoms with Crippen LogP contribution in [0.4, 0.5) is 11.4 Å². The third-order valence-electron chi connectivity index (χ3n) is 4.80. The molecule has 11 heteroatoms. The molecule has 3 aromatic rings. The summed E-state index contributed by atoms with van der Waals surface area (Å²) in [5, 5.41) is 22.3. The quantitative estimate of drug-likeness (QED) is 0.408. The highest BCUT2D eigenvalue weighted by Crippen LogP contribution is 2.44. The topological polar surface area (TPSA) is 118 Å². The van der Waals surface area contributed by atoms with Crippen LogP contribution in [0.2, 0.25) is 0 Å². The Bertz CT molecular complexity index is 1280. The number of benzene rings is 2. The molecule has 1 aromatic heterocycles. The van der Waals surface area contributed by atoms with Gasteiger partial charge in [-0.15, -0.1) is 11.3 Å². The lowest BCUT2D eigenvalue weighted by molar-refractivity contribution is -0.384. The number of sulfonamides is 1. The SMILES string of the molecule is O=C(O)c1cc2c(cc1Br)N(S(=O)(=O)c1ccc([N+](=O)[O-])cc1)CCc1ccsc1-2. The molecule has 0 atom stereocenters. The van der Waals surface area contributed by atoms with E-state index in [1.807, 2.05) is 11.4 Å². The highest BCUT2D eigenvalue weighted by Gasteiger charge is 2.32. The first-order valence-electron chi connectivity index (χ1n) is 8.61. The molecule has 154 valence electrons. The van der Waals surface area contributed by atoms with Gasteiger partial charge in [-0.3, -0.25) is 14.4 Å². The molecule has 0 bridgehead atoms. The van der Waals surface area contributed by atoms with Crippen LogP contribution in [0.3, 0.4) is 0 Å². The number of nitro benzene ring substituents is 1. The zero-order valence-corrected chi connectivity index (χ0v) is 18.3. The van der Waals surface area contributed by atoms with E-state index in [4.69, 9.17) is 0 Å². The summed E-state index contributed by atoms with van der Waals surface area (Å²) >= 11 is 4.65. The van der Waals surface area contributed by atoms with E-state index in [1.165, 1.54) is 39.9 Å². The maximum atomic E-state index is 13.4. The standard InChI is InChI=1S/C19H13BrN2O6S2/c20-16-10-17-15(9-14(16)19(23)24)18-11(6-8-29-18)5-7-21(17)30(27,28)13-3-1-12(2-4-13)22(25)26/h1-4,6,8-10H,5,7H2,(H,23,24). The Labute approximate surface area is 183 Å². The average molecular weight is 509 g/mol. The minimum absolute atomic E-state index is 0.0303. The lowest BCUT2D eigenvalue weighted by atomic mass is 10.0. The summed E-state index contributed by atoms with van der Waals surface area (Å²) in [7, 11) is -4.04. The maximum Gasteiger partial charge on any atom is 0.336 e. The minimum Gasteiger partial charge on any atom is -0.478 e. The van der Waals surface area contributed by atoms with Crippen LogP contribution in [-0.2, 0) is 16.4 Å². The number of aromatic carboxylic acids is 1. The van der Waals surface area contributed by atoms with Gasteiger partial charge in [0, 0.05) is 33.6 Å². The Morgan fingerprint density at radius 2 is 1.90 bits per heavy atom. The molecular weight excluding hydrogens is 496 g/mol. The van der Waals surface area contributed by atoms with Crippen molar-refractivity contribution in [1.82, 2.24) is 0 Å². The monoisotopic (exact) mass is 508 g/mol. The summed E-state index contributed by atoms with van der Waals surface area (Å²) in [6.45, 7) is 0.148. The molecule has 1 N–H and O–H groups in total. The van der Waals surface area contributed by atoms with Crippen molar-refractivity contribution in [2.24, 2.45) is 0 Å². The van der Waals surface area contributed by atoms with Gasteiger partial charge >= 0.3 is 5.97 Å². The van der Waals surface area contributed by atoms with Gasteiger partial charge in [0.15, 0.2) is 0 Å². The fourth-order valence-electron chi connectivity index (χ4n) is 3.34. The number of nitro groups is 1. The van der Waals surface area contributed by atoms with Crippen LogP contribution in [-0.4, -0.2) is 31.0 Å². The Balaban J connectivity index is 1.90. The molecule has 0 aliphatic carbocycles. The van der Waals surface area contributed by atoms with Crippen molar-refractivity contribution in [2.45, 2.75) is 11.3 Å². The van der Waals surface area contributed by atoms with Crippen molar-refractivity contribution in [1.29, 1.82) is 0 Å². The summed E-state index contributed by atoms with van der Waals surface area (Å²) < 4.78 is 28.3. The first-order valence-corrected chi connectivity index (χ1v) is 11.7. The highest BCUT2D eigenvalue weighted by molar-refractivity contribution is 9.10. The van der Waals surface area contributed by atoms with E-state index >= 15 is 0 Å². The summed E-state index contributed by atoms with van der Waals surface area (Å²) in [6, 6.07) is 9.56. The second-order valence-electron chi connectivity index (χ2n) is 6.51. The van der Waals surface area contributed by atoms with Gasteiger partial charge in [0.1, 0.15) is 0 Å². The molecule has 0 unspecified atom stereocenters. The van der Waals surface area contributed by atoms with Gasteiger partial charge < -0.3 is 5.11 Å². The van der Waals surface area contributed by atoms with Gasteiger partial charge in [0.25, 0.3) is 15.7 Å². The van der Waals surface area contributed by atoms with Crippen LogP contribution in [0.25, 0.3) is 10.4 Å². The van der Waals surface area contributed by atoms with Crippen molar-refractivity contribution < 1.29 is 23.2 Å². The fourth-order valence-corrected chi connectivity index (χ4v) is 6.30. The molecule has 1 aliphatic rings. The van der Waals surface area contributed by atoms with Crippen LogP contribution < -0.4 is 4.31 Å². The number of carbonyl (C=O) groups is 1. The van der Waals surface area contributed by atoms with Crippen molar-refractivity contribution in [3.05, 3.63) is 73.6 Å². The number of carboxylic acid groups (broad SMARTS) is 1. The molecule has 8 nitrogen and oxygen atoms in total. The third kappa shape index (κ3) is 3.38. The van der Waals surface area contributed by atoms with Crippen LogP contribution >= 0.6 is 27.3 Å². The van der Waals surface area contributed by atoms with E-state index in [0.717, 1.165) is 22.6 Å². The van der Waals surface area contributed by atoms with E-state index in [1.54, 1.807) is 0 Å². The lowest BCUT2D eigenvalue weighted by Crippen LogP contribution is -2.32. The Kier molecular flexibility index (Phi) is 5.12. The van der Waals surface area contributed by atoms with Crippen molar-refractivity contribution in [3.8, 4) is 10.4 Å². The molecule has 0 fully saturated rings. The Morgan fingerprint density at radius 1 is 1.20 bits per heavy atom. The molecule has 0 saturated heterocycles. The smallest absolute Gasteiger partial charge is 0.336 e. The number of thiophene rings is 1. The van der Waals surface area contributed by atoms with E-state index in [9.17, 15) is 28.4 Å². The van der Waals surface area contributed by atoms with Crippen molar-refractivity contribution in [2.75, 3.05) is 10.8 Å². The second kappa shape index (κ2) is 7.49. The summed E-state index contributed by atoms with van der Waals surface area (Å²) in [4.78, 5) is 22.6. The second-order valence-corrected chi connectivity index (χ2v) is 10.1. The van der Waals surface area contributed by atoms with E-state index in [2.05, 4.69) is 15.9 Å². The molecule has 0 spiro atoms. The normalized spacial score (nSPS) is 13.3. The molecule has 4 rings (SSSR count). The van der Waals surface area contributed by atoms with Crippen LogP contribution in [0.5, 0.6) is 0 Å². The molecule has 2 aromatic carbocycles. The van der Waals surface area contributed by atoms with Crippen molar-refractivity contribution in [3.63, 3.8) is 0 Å². The van der Waals surface area contributed by atoms with Gasteiger partial charge in [-0.25, -0.2) is 13.2 Å². The molecule has 2 heterocycles. The van der Waals surface area contributed by atoms with E-state index < -0.39 is 20.9 Å². The molecule has 0 amide bonds. The number of halogens is 1. The summed E-state index contributed by atoms with van der Waals surface area (Å²) in [5.74, 6) is -1.13. The van der Waals surface area contributed by atoms with E-state index in [-0.39, 0.29) is 27.2 Å². The summed E-state index contributed by atoms with van der Waals surface area (Å²) in [5.41, 5.74) is 1.63. The van der Waals surface area contributed by atoms with Gasteiger partial charge in [0.2, 0.25) is 0 Å². The largest absolute Gasteiger partial charge is 0.478 e.